The van der Waals surface area contributed by atoms with Crippen LogP contribution >= 0.6 is 0 Å². The number of esters is 1. The van der Waals surface area contributed by atoms with Crippen LogP contribution < -0.4 is 10.1 Å². The highest BCUT2D eigenvalue weighted by Crippen LogP contribution is 2.52. The van der Waals surface area contributed by atoms with E-state index < -0.39 is 29.9 Å². The second-order valence-electron chi connectivity index (χ2n) is 11.7. The van der Waals surface area contributed by atoms with E-state index in [1.165, 1.54) is 15.9 Å². The third-order valence-corrected chi connectivity index (χ3v) is 8.74. The number of hydrogen-bond donors (Lipinski definition) is 2. The Kier molecular flexibility index (Phi) is 10.4. The summed E-state index contributed by atoms with van der Waals surface area (Å²) in [5.74, 6) is -2.53. The third-order valence-electron chi connectivity index (χ3n) is 8.74. The van der Waals surface area contributed by atoms with Gasteiger partial charge in [0.15, 0.2) is 6.61 Å². The van der Waals surface area contributed by atoms with Crippen LogP contribution in [0.4, 0.5) is 4.79 Å². The van der Waals surface area contributed by atoms with Crippen LogP contribution in [0.2, 0.25) is 0 Å². The number of pyridine rings is 1. The minimum Gasteiger partial charge on any atom is -0.483 e. The number of nitrogens with zero attached hydrogens (tertiary/aromatic N) is 4. The number of benzene rings is 1. The van der Waals surface area contributed by atoms with E-state index in [4.69, 9.17) is 14.2 Å². The standard InChI is InChI=1S/C32H39N5O10/c1-3-45-31(43)28-20-16-37(17-21(20)28)26(38)18-47-25-15-24(33-22-8-6-5-7-19(22)25)29(41)34-23(9-10-27(39)40)30(42)35-11-13-36(14-12-35)32(44)46-4-2/h5-8,15,20-21,23,28H,3-4,9-14,16-18H2,1-2H3,(H,34,41)(H,39,40)/t20?,21?,23-,28?/m0/s1. The van der Waals surface area contributed by atoms with Gasteiger partial charge in [-0.3, -0.25) is 24.0 Å². The lowest BCUT2D eigenvalue weighted by molar-refractivity contribution is -0.146. The summed E-state index contributed by atoms with van der Waals surface area (Å²) in [4.78, 5) is 84.5. The van der Waals surface area contributed by atoms with Gasteiger partial charge in [-0.05, 0) is 44.2 Å². The molecule has 3 fully saturated rings. The van der Waals surface area contributed by atoms with Crippen molar-refractivity contribution in [3.8, 4) is 5.75 Å². The van der Waals surface area contributed by atoms with Gasteiger partial charge in [-0.2, -0.15) is 0 Å². The summed E-state index contributed by atoms with van der Waals surface area (Å²) in [6.45, 7) is 5.47. The predicted octanol–water partition coefficient (Wildman–Crippen LogP) is 1.15. The van der Waals surface area contributed by atoms with E-state index in [1.54, 1.807) is 43.0 Å². The average Bonchev–Trinajstić information content (AvgIpc) is 3.57. The van der Waals surface area contributed by atoms with Gasteiger partial charge in [0.05, 0.1) is 24.6 Å². The zero-order chi connectivity index (χ0) is 33.7. The highest BCUT2D eigenvalue weighted by Gasteiger charge is 2.61. The lowest BCUT2D eigenvalue weighted by atomic mass is 10.1. The summed E-state index contributed by atoms with van der Waals surface area (Å²) in [6.07, 6.45) is -0.991. The first kappa shape index (κ1) is 33.4. The molecule has 2 saturated heterocycles. The number of likely N-dealkylation sites (tertiary alicyclic amines) is 1. The van der Waals surface area contributed by atoms with E-state index in [9.17, 15) is 33.9 Å². The van der Waals surface area contributed by atoms with E-state index in [0.29, 0.717) is 30.6 Å². The SMILES string of the molecule is CCOC(=O)C1C2CN(C(=O)COc3cc(C(=O)N[C@@H](CCC(=O)O)C(=O)N4CCN(C(=O)OCC)CC4)nc4ccccc34)CC21. The Bertz CT molecular complexity index is 1530. The number of piperidine rings is 1. The number of rotatable bonds is 12. The van der Waals surface area contributed by atoms with Gasteiger partial charge in [0.1, 0.15) is 17.5 Å². The van der Waals surface area contributed by atoms with Crippen molar-refractivity contribution in [3.05, 3.63) is 36.0 Å². The van der Waals surface area contributed by atoms with Crippen LogP contribution in [0.5, 0.6) is 5.75 Å². The van der Waals surface area contributed by atoms with E-state index in [1.807, 2.05) is 0 Å². The summed E-state index contributed by atoms with van der Waals surface area (Å²) in [7, 11) is 0. The van der Waals surface area contributed by atoms with Gasteiger partial charge in [0.25, 0.3) is 11.8 Å². The largest absolute Gasteiger partial charge is 0.483 e. The lowest BCUT2D eigenvalue weighted by Gasteiger charge is -2.35. The molecule has 3 heterocycles. The van der Waals surface area contributed by atoms with Gasteiger partial charge in [-0.1, -0.05) is 12.1 Å². The number of carboxylic acid groups (broad SMARTS) is 1. The van der Waals surface area contributed by atoms with E-state index in [2.05, 4.69) is 10.3 Å². The first-order chi connectivity index (χ1) is 22.6. The van der Waals surface area contributed by atoms with Gasteiger partial charge in [-0.15, -0.1) is 0 Å². The first-order valence-electron chi connectivity index (χ1n) is 15.8. The minimum absolute atomic E-state index is 0.0777. The maximum absolute atomic E-state index is 13.5. The number of nitrogens with one attached hydrogen (secondary N) is 1. The number of fused-ring (bicyclic) bond motifs is 2. The Balaban J connectivity index is 1.24. The lowest BCUT2D eigenvalue weighted by Crippen LogP contribution is -2.56. The molecule has 5 rings (SSSR count). The Morgan fingerprint density at radius 2 is 1.60 bits per heavy atom. The van der Waals surface area contributed by atoms with Crippen LogP contribution in [0.25, 0.3) is 10.9 Å². The highest BCUT2D eigenvalue weighted by molar-refractivity contribution is 5.99. The molecule has 3 aliphatic rings. The zero-order valence-electron chi connectivity index (χ0n) is 26.4. The Morgan fingerprint density at radius 1 is 0.936 bits per heavy atom. The molecule has 15 heteroatoms. The Labute approximate surface area is 271 Å². The first-order valence-corrected chi connectivity index (χ1v) is 15.8. The van der Waals surface area contributed by atoms with Gasteiger partial charge in [-0.25, -0.2) is 9.78 Å². The molecule has 47 heavy (non-hydrogen) atoms. The molecule has 1 aliphatic carbocycles. The monoisotopic (exact) mass is 653 g/mol. The highest BCUT2D eigenvalue weighted by atomic mass is 16.6. The topological polar surface area (TPSA) is 185 Å². The van der Waals surface area contributed by atoms with Crippen molar-refractivity contribution in [1.82, 2.24) is 25.0 Å². The fraction of sp³-hybridized carbons (Fsp3) is 0.531. The fourth-order valence-corrected chi connectivity index (χ4v) is 6.23. The van der Waals surface area contributed by atoms with Crippen LogP contribution in [0.1, 0.15) is 37.2 Å². The molecule has 1 saturated carbocycles. The number of aromatic nitrogens is 1. The molecule has 3 atom stereocenters. The van der Waals surface area contributed by atoms with Crippen LogP contribution in [-0.2, 0) is 28.7 Å². The second-order valence-corrected chi connectivity index (χ2v) is 11.7. The molecule has 2 aromatic rings. The molecule has 0 bridgehead atoms. The van der Waals surface area contributed by atoms with Crippen LogP contribution in [0, 0.1) is 17.8 Å². The summed E-state index contributed by atoms with van der Waals surface area (Å²) >= 11 is 0. The number of aliphatic carboxylic acids is 1. The van der Waals surface area contributed by atoms with Crippen molar-refractivity contribution in [3.63, 3.8) is 0 Å². The van der Waals surface area contributed by atoms with Crippen molar-refractivity contribution in [2.24, 2.45) is 17.8 Å². The second kappa shape index (κ2) is 14.6. The molecule has 0 radical (unpaired) electrons. The summed E-state index contributed by atoms with van der Waals surface area (Å²) in [6, 6.07) is 7.16. The quantitative estimate of drug-likeness (QED) is 0.313. The number of carbonyl (C=O) groups excluding carboxylic acids is 5. The normalized spacial score (nSPS) is 20.6. The molecule has 1 aromatic heterocycles. The molecule has 4 amide bonds. The van der Waals surface area contributed by atoms with E-state index >= 15 is 0 Å². The number of amides is 4. The van der Waals surface area contributed by atoms with Crippen molar-refractivity contribution < 1.29 is 48.1 Å². The molecule has 252 valence electrons. The van der Waals surface area contributed by atoms with Crippen LogP contribution in [-0.4, -0.2) is 126 Å². The summed E-state index contributed by atoms with van der Waals surface area (Å²) in [5, 5.41) is 12.5. The average molecular weight is 654 g/mol. The molecule has 0 spiro atoms. The van der Waals surface area contributed by atoms with Gasteiger partial charge in [0, 0.05) is 57.1 Å². The van der Waals surface area contributed by atoms with Crippen molar-refractivity contribution in [1.29, 1.82) is 0 Å². The molecule has 2 unspecified atom stereocenters. The number of carbonyl (C=O) groups is 6. The molecule has 15 nitrogen and oxygen atoms in total. The van der Waals surface area contributed by atoms with E-state index in [-0.39, 0.29) is 93.3 Å². The smallest absolute Gasteiger partial charge is 0.409 e. The fourth-order valence-electron chi connectivity index (χ4n) is 6.23. The summed E-state index contributed by atoms with van der Waals surface area (Å²) < 4.78 is 16.1. The predicted molar refractivity (Wildman–Crippen MR) is 164 cm³/mol. The Morgan fingerprint density at radius 3 is 2.26 bits per heavy atom. The third kappa shape index (κ3) is 7.72. The number of hydrogen-bond acceptors (Lipinski definition) is 10. The molecular weight excluding hydrogens is 614 g/mol. The summed E-state index contributed by atoms with van der Waals surface area (Å²) in [5.41, 5.74) is 0.344. The number of para-hydroxylation sites is 1. The number of carboxylic acids is 1. The molecule has 2 aliphatic heterocycles. The van der Waals surface area contributed by atoms with Gasteiger partial charge in [0.2, 0.25) is 5.91 Å². The number of piperazine rings is 1. The number of ether oxygens (including phenoxy) is 3. The van der Waals surface area contributed by atoms with Crippen molar-refractivity contribution in [2.45, 2.75) is 32.7 Å². The van der Waals surface area contributed by atoms with Gasteiger partial charge >= 0.3 is 18.0 Å². The van der Waals surface area contributed by atoms with Crippen molar-refractivity contribution >= 4 is 46.7 Å². The van der Waals surface area contributed by atoms with E-state index in [0.717, 1.165) is 0 Å². The zero-order valence-corrected chi connectivity index (χ0v) is 26.4. The van der Waals surface area contributed by atoms with Crippen LogP contribution in [0.3, 0.4) is 0 Å². The van der Waals surface area contributed by atoms with Gasteiger partial charge < -0.3 is 39.3 Å². The molecule has 2 N–H and O–H groups in total. The maximum Gasteiger partial charge on any atom is 0.409 e. The molecule has 1 aromatic carbocycles. The van der Waals surface area contributed by atoms with Crippen molar-refractivity contribution in [2.75, 3.05) is 59.1 Å². The molecular formula is C32H39N5O10. The maximum atomic E-state index is 13.5. The van der Waals surface area contributed by atoms with Crippen LogP contribution in [0.15, 0.2) is 30.3 Å². The Hall–Kier alpha value is -4.95. The minimum atomic E-state index is -1.16.